The summed E-state index contributed by atoms with van der Waals surface area (Å²) in [5, 5.41) is 20.8. The lowest BCUT2D eigenvalue weighted by Gasteiger charge is -2.36. The highest BCUT2D eigenvalue weighted by Crippen LogP contribution is 2.38. The van der Waals surface area contributed by atoms with Gasteiger partial charge in [0.2, 0.25) is 17.8 Å². The summed E-state index contributed by atoms with van der Waals surface area (Å²) in [7, 11) is 0. The van der Waals surface area contributed by atoms with Gasteiger partial charge in [-0.1, -0.05) is 31.9 Å². The van der Waals surface area contributed by atoms with Gasteiger partial charge in [-0.3, -0.25) is 29.4 Å². The Kier molecular flexibility index (Phi) is 11.8. The van der Waals surface area contributed by atoms with Gasteiger partial charge in [0.15, 0.2) is 11.5 Å². The molecule has 0 saturated carbocycles. The molecule has 6 heterocycles. The third kappa shape index (κ3) is 8.44. The zero-order valence-corrected chi connectivity index (χ0v) is 35.8. The predicted octanol–water partition coefficient (Wildman–Crippen LogP) is 5.01. The number of aromatic nitrogens is 5. The summed E-state index contributed by atoms with van der Waals surface area (Å²) in [6.07, 6.45) is 10.3. The number of nitrogens with one attached hydrogen (secondary N) is 3. The Morgan fingerprint density at radius 3 is 2.49 bits per heavy atom. The van der Waals surface area contributed by atoms with Gasteiger partial charge in [0.05, 0.1) is 12.2 Å². The Bertz CT molecular complexity index is 2610. The molecular formula is C47H55N11O5. The molecule has 328 valence electrons. The number of piperidine rings is 1. The van der Waals surface area contributed by atoms with Gasteiger partial charge < -0.3 is 25.5 Å². The minimum atomic E-state index is -0.992. The number of carbonyl (C=O) groups is 3. The minimum absolute atomic E-state index is 0.151. The van der Waals surface area contributed by atoms with Gasteiger partial charge in [0.25, 0.3) is 11.5 Å². The average molecular weight is 854 g/mol. The zero-order chi connectivity index (χ0) is 43.7. The van der Waals surface area contributed by atoms with Crippen molar-refractivity contribution in [2.45, 2.75) is 89.4 Å². The fourth-order valence-electron chi connectivity index (χ4n) is 9.46. The molecule has 63 heavy (non-hydrogen) atoms. The lowest BCUT2D eigenvalue weighted by atomic mass is 9.98. The molecule has 4 aliphatic rings. The molecular weight excluding hydrogens is 799 g/mol. The number of anilines is 4. The number of aliphatic hydroxyl groups is 1. The molecule has 16 nitrogen and oxygen atoms in total. The van der Waals surface area contributed by atoms with E-state index >= 15 is 0 Å². The number of aryl methyl sites for hydroxylation is 1. The van der Waals surface area contributed by atoms with Crippen LogP contribution >= 0.6 is 0 Å². The van der Waals surface area contributed by atoms with E-state index in [1.165, 1.54) is 6.42 Å². The van der Waals surface area contributed by atoms with E-state index in [0.717, 1.165) is 93.1 Å². The molecule has 9 rings (SSSR count). The van der Waals surface area contributed by atoms with E-state index in [-0.39, 0.29) is 30.3 Å². The molecule has 4 N–H and O–H groups in total. The third-order valence-electron chi connectivity index (χ3n) is 13.1. The second-order valence-corrected chi connectivity index (χ2v) is 17.1. The summed E-state index contributed by atoms with van der Waals surface area (Å²) in [4.78, 5) is 71.2. The molecule has 0 spiro atoms. The topological polar surface area (TPSA) is 183 Å². The lowest BCUT2D eigenvalue weighted by Crippen LogP contribution is -2.52. The molecule has 0 bridgehead atoms. The first kappa shape index (κ1) is 41.9. The number of unbranched alkanes of at least 4 members (excludes halogenated alkanes) is 3. The zero-order valence-electron chi connectivity index (χ0n) is 35.8. The molecule has 0 radical (unpaired) electrons. The van der Waals surface area contributed by atoms with Gasteiger partial charge in [-0.05, 0) is 105 Å². The number of fused-ring (bicyclic) bond motifs is 3. The summed E-state index contributed by atoms with van der Waals surface area (Å²) in [5.74, 6) is 0.0394. The van der Waals surface area contributed by atoms with Gasteiger partial charge in [0.1, 0.15) is 17.0 Å². The van der Waals surface area contributed by atoms with E-state index in [1.807, 2.05) is 49.4 Å². The summed E-state index contributed by atoms with van der Waals surface area (Å²) < 4.78 is 3.25. The number of nitrogens with zero attached hydrogens (tertiary/aromatic N) is 8. The maximum Gasteiger partial charge on any atom is 0.278 e. The Balaban J connectivity index is 0.723. The third-order valence-corrected chi connectivity index (χ3v) is 13.1. The van der Waals surface area contributed by atoms with Crippen LogP contribution in [0.1, 0.15) is 85.5 Å². The predicted molar refractivity (Wildman–Crippen MR) is 241 cm³/mol. The number of rotatable bonds is 16. The van der Waals surface area contributed by atoms with Crippen LogP contribution in [0.3, 0.4) is 0 Å². The van der Waals surface area contributed by atoms with Crippen LogP contribution in [-0.4, -0.2) is 102 Å². The van der Waals surface area contributed by atoms with Crippen LogP contribution < -0.4 is 26.4 Å². The number of allylic oxidation sites excluding steroid dienone is 1. The number of benzene rings is 2. The van der Waals surface area contributed by atoms with Crippen LogP contribution in [-0.2, 0) is 34.7 Å². The Hall–Kier alpha value is -6.39. The number of piperazine rings is 1. The minimum Gasteiger partial charge on any atom is -0.385 e. The first-order valence-electron chi connectivity index (χ1n) is 22.3. The molecule has 2 atom stereocenters. The van der Waals surface area contributed by atoms with Crippen LogP contribution in [0, 0.1) is 0 Å². The Morgan fingerprint density at radius 2 is 1.71 bits per heavy atom. The standard InChI is InChI=1S/C47H55N11O5/c1-3-22-57-45(62)37-29-49-46(53-42(37)58(57)39-17-9-31-19-20-47(63,4-2)41(31)51-39)50-33-10-13-35(14-11-33)55-26-24-54(25-27-55)23-8-6-5-7-21-48-34-12-15-36-32(28-34)30-56(44(36)61)38-16-18-40(59)52-43(38)60/h3,9-15,17,28-29,38,48,63H,1,4-8,16,18-27,30H2,2H3,(H,49,50,53)(H,52,59,60)/t38?,47-/m1/s1. The van der Waals surface area contributed by atoms with Crippen molar-refractivity contribution in [3.63, 3.8) is 0 Å². The fraction of sp³-hybridized carbons (Fsp3) is 0.426. The molecule has 1 unspecified atom stereocenters. The lowest BCUT2D eigenvalue weighted by molar-refractivity contribution is -0.136. The summed E-state index contributed by atoms with van der Waals surface area (Å²) in [6, 6.07) is 17.3. The average Bonchev–Trinajstić information content (AvgIpc) is 3.90. The van der Waals surface area contributed by atoms with Crippen molar-refractivity contribution >= 4 is 51.8 Å². The van der Waals surface area contributed by atoms with Crippen LogP contribution in [0.2, 0.25) is 0 Å². The molecule has 3 amide bonds. The van der Waals surface area contributed by atoms with Crippen molar-refractivity contribution in [1.29, 1.82) is 0 Å². The van der Waals surface area contributed by atoms with E-state index in [9.17, 15) is 24.3 Å². The maximum atomic E-state index is 13.5. The molecule has 3 aromatic heterocycles. The molecule has 16 heteroatoms. The van der Waals surface area contributed by atoms with Crippen molar-refractivity contribution in [2.75, 3.05) is 54.8 Å². The highest BCUT2D eigenvalue weighted by Gasteiger charge is 2.39. The second-order valence-electron chi connectivity index (χ2n) is 17.1. The van der Waals surface area contributed by atoms with Crippen molar-refractivity contribution < 1.29 is 19.5 Å². The van der Waals surface area contributed by atoms with Crippen LogP contribution in [0.15, 0.2) is 78.2 Å². The summed E-state index contributed by atoms with van der Waals surface area (Å²) in [5.41, 5.74) is 5.38. The molecule has 3 aliphatic heterocycles. The van der Waals surface area contributed by atoms with Crippen molar-refractivity contribution in [1.82, 2.24) is 39.4 Å². The monoisotopic (exact) mass is 853 g/mol. The van der Waals surface area contributed by atoms with E-state index < -0.39 is 17.6 Å². The highest BCUT2D eigenvalue weighted by molar-refractivity contribution is 6.05. The summed E-state index contributed by atoms with van der Waals surface area (Å²) >= 11 is 0. The van der Waals surface area contributed by atoms with Crippen LogP contribution in [0.5, 0.6) is 0 Å². The van der Waals surface area contributed by atoms with Crippen molar-refractivity contribution in [2.24, 2.45) is 0 Å². The molecule has 2 saturated heterocycles. The van der Waals surface area contributed by atoms with Crippen molar-refractivity contribution in [3.05, 3.63) is 106 Å². The second kappa shape index (κ2) is 17.8. The van der Waals surface area contributed by atoms with Gasteiger partial charge in [0, 0.05) is 74.5 Å². The fourth-order valence-corrected chi connectivity index (χ4v) is 9.46. The van der Waals surface area contributed by atoms with Crippen LogP contribution in [0.25, 0.3) is 16.9 Å². The number of hydrogen-bond donors (Lipinski definition) is 4. The molecule has 2 fully saturated rings. The maximum absolute atomic E-state index is 13.5. The molecule has 2 aromatic carbocycles. The van der Waals surface area contributed by atoms with Crippen LogP contribution in [0.4, 0.5) is 23.0 Å². The highest BCUT2D eigenvalue weighted by atomic mass is 16.3. The number of carbonyl (C=O) groups excluding carboxylic acids is 3. The quantitative estimate of drug-likeness (QED) is 0.0593. The van der Waals surface area contributed by atoms with E-state index in [0.29, 0.717) is 59.9 Å². The van der Waals surface area contributed by atoms with E-state index in [2.05, 4.69) is 49.4 Å². The number of hydrogen-bond acceptors (Lipinski definition) is 12. The van der Waals surface area contributed by atoms with Crippen molar-refractivity contribution in [3.8, 4) is 5.82 Å². The van der Waals surface area contributed by atoms with E-state index in [4.69, 9.17) is 9.97 Å². The SMILES string of the molecule is C=CCn1c(=O)c2cnc(Nc3ccc(N4CCN(CCCCCCNc5ccc6c(c5)CN(C5CCC(=O)NC5=O)C6=O)CC4)cc3)nc2n1-c1ccc2c(n1)[C@@](O)(CC)CC2. The summed E-state index contributed by atoms with van der Waals surface area (Å²) in [6.45, 7) is 12.3. The van der Waals surface area contributed by atoms with Gasteiger partial charge in [-0.25, -0.2) is 19.3 Å². The molecule has 1 aliphatic carbocycles. The first-order chi connectivity index (χ1) is 30.6. The smallest absolute Gasteiger partial charge is 0.278 e. The number of imide groups is 1. The van der Waals surface area contributed by atoms with E-state index in [1.54, 1.807) is 26.5 Å². The Morgan fingerprint density at radius 1 is 0.921 bits per heavy atom. The largest absolute Gasteiger partial charge is 0.385 e. The number of amides is 3. The van der Waals surface area contributed by atoms with Gasteiger partial charge in [-0.2, -0.15) is 4.98 Å². The normalized spacial score (nSPS) is 20.0. The molecule has 5 aromatic rings. The first-order valence-corrected chi connectivity index (χ1v) is 22.3. The van der Waals surface area contributed by atoms with Gasteiger partial charge in [-0.15, -0.1) is 6.58 Å². The Labute approximate surface area is 366 Å². The number of pyridine rings is 1. The van der Waals surface area contributed by atoms with Gasteiger partial charge >= 0.3 is 0 Å².